The molecule has 2 heterocycles. The van der Waals surface area contributed by atoms with Gasteiger partial charge in [-0.2, -0.15) is 0 Å². The van der Waals surface area contributed by atoms with Gasteiger partial charge in [-0.1, -0.05) is 17.7 Å². The number of nitrogens with zero attached hydrogens (tertiary/aromatic N) is 2. The Balaban J connectivity index is 1.34. The first-order chi connectivity index (χ1) is 15.3. The first-order valence-corrected chi connectivity index (χ1v) is 10.7. The van der Waals surface area contributed by atoms with Crippen LogP contribution < -0.4 is 15.5 Å². The van der Waals surface area contributed by atoms with Crippen molar-refractivity contribution in [1.29, 1.82) is 0 Å². The SMILES string of the molecule is O=C(NCCN1CCC2(CC1)C(=O)NCN2c1cccc(F)c1)c1c(F)ccc(F)c1Cl. The number of anilines is 1. The predicted molar refractivity (Wildman–Crippen MR) is 114 cm³/mol. The topological polar surface area (TPSA) is 64.7 Å². The summed E-state index contributed by atoms with van der Waals surface area (Å²) < 4.78 is 41.1. The molecule has 2 aliphatic heterocycles. The molecule has 170 valence electrons. The second-order valence-corrected chi connectivity index (χ2v) is 8.30. The van der Waals surface area contributed by atoms with Crippen LogP contribution in [-0.4, -0.2) is 55.1 Å². The monoisotopic (exact) mass is 466 g/mol. The molecule has 2 fully saturated rings. The fourth-order valence-electron chi connectivity index (χ4n) is 4.37. The lowest BCUT2D eigenvalue weighted by Gasteiger charge is -2.43. The predicted octanol–water partition coefficient (Wildman–Crippen LogP) is 2.92. The maximum Gasteiger partial charge on any atom is 0.255 e. The molecule has 2 amide bonds. The van der Waals surface area contributed by atoms with Gasteiger partial charge in [0.05, 0.1) is 17.3 Å². The van der Waals surface area contributed by atoms with Crippen molar-refractivity contribution in [3.05, 3.63) is 64.4 Å². The summed E-state index contributed by atoms with van der Waals surface area (Å²) in [5.74, 6) is -2.98. The van der Waals surface area contributed by atoms with Crippen LogP contribution in [0.25, 0.3) is 0 Å². The van der Waals surface area contributed by atoms with Gasteiger partial charge in [-0.05, 0) is 43.2 Å². The number of piperidine rings is 1. The molecule has 2 aliphatic rings. The van der Waals surface area contributed by atoms with E-state index in [1.165, 1.54) is 12.1 Å². The van der Waals surface area contributed by atoms with Gasteiger partial charge in [0.2, 0.25) is 5.91 Å². The Morgan fingerprint density at radius 1 is 1.12 bits per heavy atom. The largest absolute Gasteiger partial charge is 0.351 e. The molecule has 2 aromatic rings. The molecule has 0 bridgehead atoms. The fourth-order valence-corrected chi connectivity index (χ4v) is 4.61. The summed E-state index contributed by atoms with van der Waals surface area (Å²) in [6.07, 6.45) is 1.07. The van der Waals surface area contributed by atoms with E-state index in [9.17, 15) is 22.8 Å². The molecule has 0 atom stereocenters. The van der Waals surface area contributed by atoms with Crippen LogP contribution in [0.2, 0.25) is 5.02 Å². The summed E-state index contributed by atoms with van der Waals surface area (Å²) in [4.78, 5) is 28.9. The summed E-state index contributed by atoms with van der Waals surface area (Å²) in [5.41, 5.74) is -0.609. The lowest BCUT2D eigenvalue weighted by Crippen LogP contribution is -2.57. The average molecular weight is 467 g/mol. The summed E-state index contributed by atoms with van der Waals surface area (Å²) in [6, 6.07) is 7.90. The van der Waals surface area contributed by atoms with Gasteiger partial charge in [0, 0.05) is 31.9 Å². The van der Waals surface area contributed by atoms with Crippen LogP contribution in [0.5, 0.6) is 0 Å². The number of amides is 2. The zero-order valence-electron chi connectivity index (χ0n) is 17.1. The summed E-state index contributed by atoms with van der Waals surface area (Å²) in [5, 5.41) is 4.88. The average Bonchev–Trinajstić information content (AvgIpc) is 3.08. The zero-order valence-corrected chi connectivity index (χ0v) is 17.9. The third kappa shape index (κ3) is 4.14. The van der Waals surface area contributed by atoms with E-state index in [1.54, 1.807) is 12.1 Å². The molecule has 2 N–H and O–H groups in total. The van der Waals surface area contributed by atoms with Crippen LogP contribution in [0.15, 0.2) is 36.4 Å². The third-order valence-electron chi connectivity index (χ3n) is 6.12. The number of rotatable bonds is 5. The van der Waals surface area contributed by atoms with Crippen LogP contribution >= 0.6 is 11.6 Å². The van der Waals surface area contributed by atoms with Crippen LogP contribution in [0.3, 0.4) is 0 Å². The molecule has 1 spiro atoms. The van der Waals surface area contributed by atoms with Gasteiger partial charge < -0.3 is 20.4 Å². The van der Waals surface area contributed by atoms with E-state index in [1.807, 2.05) is 4.90 Å². The van der Waals surface area contributed by atoms with Gasteiger partial charge in [-0.15, -0.1) is 0 Å². The van der Waals surface area contributed by atoms with E-state index in [0.29, 0.717) is 44.8 Å². The van der Waals surface area contributed by atoms with Gasteiger partial charge in [-0.25, -0.2) is 13.2 Å². The summed E-state index contributed by atoms with van der Waals surface area (Å²) in [6.45, 7) is 2.17. The fraction of sp³-hybridized carbons (Fsp3) is 0.364. The summed E-state index contributed by atoms with van der Waals surface area (Å²) in [7, 11) is 0. The highest BCUT2D eigenvalue weighted by atomic mass is 35.5. The maximum absolute atomic E-state index is 13.9. The molecule has 0 radical (unpaired) electrons. The van der Waals surface area contributed by atoms with E-state index in [4.69, 9.17) is 11.6 Å². The number of carbonyl (C=O) groups excluding carboxylic acids is 2. The molecule has 2 aromatic carbocycles. The Kier molecular flexibility index (Phi) is 6.30. The normalized spacial score (nSPS) is 18.1. The number of nitrogens with one attached hydrogen (secondary N) is 2. The molecule has 4 rings (SSSR count). The van der Waals surface area contributed by atoms with Crippen molar-refractivity contribution in [3.63, 3.8) is 0 Å². The Labute approximate surface area is 188 Å². The van der Waals surface area contributed by atoms with Crippen molar-refractivity contribution in [2.24, 2.45) is 0 Å². The van der Waals surface area contributed by atoms with Crippen LogP contribution in [0, 0.1) is 17.5 Å². The highest BCUT2D eigenvalue weighted by molar-refractivity contribution is 6.34. The molecule has 0 aromatic heterocycles. The molecule has 0 saturated carbocycles. The lowest BCUT2D eigenvalue weighted by molar-refractivity contribution is -0.125. The van der Waals surface area contributed by atoms with Crippen molar-refractivity contribution in [2.75, 3.05) is 37.7 Å². The quantitative estimate of drug-likeness (QED) is 0.665. The molecular formula is C22H22ClF3N4O2. The maximum atomic E-state index is 13.9. The summed E-state index contributed by atoms with van der Waals surface area (Å²) >= 11 is 5.73. The van der Waals surface area contributed by atoms with E-state index >= 15 is 0 Å². The van der Waals surface area contributed by atoms with E-state index in [2.05, 4.69) is 15.5 Å². The van der Waals surface area contributed by atoms with Crippen LogP contribution in [-0.2, 0) is 4.79 Å². The Hall–Kier alpha value is -2.78. The number of likely N-dealkylation sites (tertiary alicyclic amines) is 1. The number of hydrogen-bond acceptors (Lipinski definition) is 4. The van der Waals surface area contributed by atoms with Crippen molar-refractivity contribution in [3.8, 4) is 0 Å². The van der Waals surface area contributed by atoms with Crippen molar-refractivity contribution >= 4 is 29.1 Å². The van der Waals surface area contributed by atoms with E-state index < -0.39 is 33.7 Å². The Bertz CT molecular complexity index is 1040. The Morgan fingerprint density at radius 2 is 1.84 bits per heavy atom. The molecule has 0 unspecified atom stereocenters. The number of halogens is 4. The second-order valence-electron chi connectivity index (χ2n) is 7.92. The molecule has 32 heavy (non-hydrogen) atoms. The van der Waals surface area contributed by atoms with Crippen molar-refractivity contribution in [1.82, 2.24) is 15.5 Å². The highest BCUT2D eigenvalue weighted by Gasteiger charge is 2.50. The molecular weight excluding hydrogens is 445 g/mol. The minimum absolute atomic E-state index is 0.0778. The first-order valence-electron chi connectivity index (χ1n) is 10.3. The molecule has 10 heteroatoms. The van der Waals surface area contributed by atoms with E-state index in [0.717, 1.165) is 12.1 Å². The Morgan fingerprint density at radius 3 is 2.56 bits per heavy atom. The third-order valence-corrected chi connectivity index (χ3v) is 6.49. The number of benzene rings is 2. The van der Waals surface area contributed by atoms with Gasteiger partial charge in [0.1, 0.15) is 23.0 Å². The van der Waals surface area contributed by atoms with E-state index in [-0.39, 0.29) is 18.3 Å². The molecule has 6 nitrogen and oxygen atoms in total. The van der Waals surface area contributed by atoms with Crippen molar-refractivity contribution in [2.45, 2.75) is 18.4 Å². The molecule has 2 saturated heterocycles. The number of hydrogen-bond donors (Lipinski definition) is 2. The standard InChI is InChI=1S/C22H22ClF3N4O2/c23-19-17(26)5-4-16(25)18(19)20(31)27-8-11-29-9-6-22(7-10-29)21(32)28-13-30(22)15-3-1-2-14(24)12-15/h1-5,12H,6-11,13H2,(H,27,31)(H,28,32). The van der Waals surface area contributed by atoms with Gasteiger partial charge in [0.25, 0.3) is 5.91 Å². The minimum Gasteiger partial charge on any atom is -0.351 e. The zero-order chi connectivity index (χ0) is 22.9. The van der Waals surface area contributed by atoms with Gasteiger partial charge >= 0.3 is 0 Å². The smallest absolute Gasteiger partial charge is 0.255 e. The lowest BCUT2D eigenvalue weighted by atomic mass is 9.85. The minimum atomic E-state index is -0.890. The van der Waals surface area contributed by atoms with Gasteiger partial charge in [0.15, 0.2) is 0 Å². The van der Waals surface area contributed by atoms with Gasteiger partial charge in [-0.3, -0.25) is 9.59 Å². The second kappa shape index (κ2) is 8.99. The highest BCUT2D eigenvalue weighted by Crippen LogP contribution is 2.36. The van der Waals surface area contributed by atoms with Crippen LogP contribution in [0.4, 0.5) is 18.9 Å². The first kappa shape index (κ1) is 22.4. The van der Waals surface area contributed by atoms with Crippen molar-refractivity contribution < 1.29 is 22.8 Å². The molecule has 0 aliphatic carbocycles. The van der Waals surface area contributed by atoms with Crippen LogP contribution in [0.1, 0.15) is 23.2 Å². The number of carbonyl (C=O) groups is 2.